The summed E-state index contributed by atoms with van der Waals surface area (Å²) in [5.74, 6) is -0.162. The molecule has 0 fully saturated rings. The van der Waals surface area contributed by atoms with Crippen LogP contribution in [0.5, 0.6) is 0 Å². The van der Waals surface area contributed by atoms with Crippen molar-refractivity contribution in [1.29, 1.82) is 0 Å². The number of anilines is 1. The number of benzene rings is 2. The van der Waals surface area contributed by atoms with Crippen molar-refractivity contribution in [2.45, 2.75) is 37.8 Å². The van der Waals surface area contributed by atoms with E-state index >= 15 is 0 Å². The number of aliphatic hydroxyl groups is 2. The van der Waals surface area contributed by atoms with E-state index < -0.39 is 11.0 Å². The van der Waals surface area contributed by atoms with Gasteiger partial charge in [-0.25, -0.2) is 0 Å². The lowest BCUT2D eigenvalue weighted by Crippen LogP contribution is -2.62. The molecule has 4 N–H and O–H groups in total. The minimum atomic E-state index is -1.09. The zero-order valence-corrected chi connectivity index (χ0v) is 16.9. The molecule has 3 atom stereocenters. The van der Waals surface area contributed by atoms with Crippen LogP contribution in [0.2, 0.25) is 0 Å². The van der Waals surface area contributed by atoms with E-state index in [1.807, 2.05) is 61.5 Å². The second-order valence-electron chi connectivity index (χ2n) is 7.91. The number of carbonyl (C=O) groups excluding carboxylic acids is 1. The Hall–Kier alpha value is -2.47. The summed E-state index contributed by atoms with van der Waals surface area (Å²) in [7, 11) is 0. The number of hydrogen-bond donors (Lipinski definition) is 4. The van der Waals surface area contributed by atoms with Crippen LogP contribution in [0, 0.1) is 5.41 Å². The topological polar surface area (TPSA) is 81.6 Å². The maximum absolute atomic E-state index is 13.5. The first-order valence-corrected chi connectivity index (χ1v) is 10.1. The quantitative estimate of drug-likeness (QED) is 0.467. The molecule has 3 rings (SSSR count). The Labute approximate surface area is 172 Å². The van der Waals surface area contributed by atoms with Crippen LogP contribution < -0.4 is 10.6 Å². The van der Waals surface area contributed by atoms with E-state index in [4.69, 9.17) is 0 Å². The fourth-order valence-corrected chi connectivity index (χ4v) is 4.39. The molecule has 154 valence electrons. The maximum Gasteiger partial charge on any atom is 0.250 e. The van der Waals surface area contributed by atoms with Gasteiger partial charge in [-0.05, 0) is 30.9 Å². The van der Waals surface area contributed by atoms with Gasteiger partial charge < -0.3 is 15.5 Å². The predicted octanol–water partition coefficient (Wildman–Crippen LogP) is 2.99. The van der Waals surface area contributed by atoms with Crippen molar-refractivity contribution in [3.05, 3.63) is 78.4 Å². The summed E-state index contributed by atoms with van der Waals surface area (Å²) in [4.78, 5) is 13.5. The first kappa shape index (κ1) is 21.2. The second kappa shape index (κ2) is 8.91. The number of fused-ring (bicyclic) bond motifs is 1. The summed E-state index contributed by atoms with van der Waals surface area (Å²) in [6.45, 7) is 5.95. The summed E-state index contributed by atoms with van der Waals surface area (Å²) in [5.41, 5.74) is 0.922. The zero-order chi connectivity index (χ0) is 20.9. The summed E-state index contributed by atoms with van der Waals surface area (Å²) < 4.78 is 0. The summed E-state index contributed by atoms with van der Waals surface area (Å²) in [5, 5.41) is 26.1. The lowest BCUT2D eigenvalue weighted by Gasteiger charge is -2.46. The molecular formula is C24H30N2O3. The van der Waals surface area contributed by atoms with Crippen LogP contribution in [0.1, 0.15) is 30.9 Å². The highest BCUT2D eigenvalue weighted by Gasteiger charge is 2.57. The van der Waals surface area contributed by atoms with Crippen LogP contribution in [0.3, 0.4) is 0 Å². The third kappa shape index (κ3) is 3.86. The van der Waals surface area contributed by atoms with E-state index in [1.54, 1.807) is 6.08 Å². The van der Waals surface area contributed by atoms with Gasteiger partial charge in [0.25, 0.3) is 0 Å². The molecule has 5 nitrogen and oxygen atoms in total. The molecule has 1 aliphatic heterocycles. The van der Waals surface area contributed by atoms with E-state index in [0.717, 1.165) is 16.8 Å². The minimum absolute atomic E-state index is 0.0379. The molecule has 1 aliphatic rings. The summed E-state index contributed by atoms with van der Waals surface area (Å²) in [6.07, 6.45) is 3.51. The van der Waals surface area contributed by atoms with Gasteiger partial charge in [-0.1, -0.05) is 61.5 Å². The molecule has 0 aromatic heterocycles. The molecule has 0 aliphatic carbocycles. The van der Waals surface area contributed by atoms with E-state index in [9.17, 15) is 15.0 Å². The van der Waals surface area contributed by atoms with Gasteiger partial charge in [-0.3, -0.25) is 10.1 Å². The monoisotopic (exact) mass is 394 g/mol. The van der Waals surface area contributed by atoms with Crippen molar-refractivity contribution in [3.63, 3.8) is 0 Å². The Morgan fingerprint density at radius 2 is 1.86 bits per heavy atom. The Kier molecular flexibility index (Phi) is 6.52. The van der Waals surface area contributed by atoms with Gasteiger partial charge in [0.1, 0.15) is 5.54 Å². The lowest BCUT2D eigenvalue weighted by molar-refractivity contribution is -0.127. The van der Waals surface area contributed by atoms with Crippen LogP contribution >= 0.6 is 0 Å². The molecule has 0 spiro atoms. The van der Waals surface area contributed by atoms with Gasteiger partial charge in [-0.2, -0.15) is 0 Å². The van der Waals surface area contributed by atoms with Crippen LogP contribution in [0.15, 0.2) is 67.3 Å². The third-order valence-electron chi connectivity index (χ3n) is 6.05. The Morgan fingerprint density at radius 3 is 2.52 bits per heavy atom. The molecule has 2 aromatic carbocycles. The average molecular weight is 395 g/mol. The highest BCUT2D eigenvalue weighted by molar-refractivity contribution is 6.06. The molecular weight excluding hydrogens is 364 g/mol. The van der Waals surface area contributed by atoms with Crippen LogP contribution in [0.4, 0.5) is 5.69 Å². The van der Waals surface area contributed by atoms with Crippen molar-refractivity contribution in [3.8, 4) is 0 Å². The van der Waals surface area contributed by atoms with Gasteiger partial charge in [0.2, 0.25) is 5.91 Å². The molecule has 0 saturated carbocycles. The fraction of sp³-hybridized carbons (Fsp3) is 0.375. The Morgan fingerprint density at radius 1 is 1.17 bits per heavy atom. The SMILES string of the molecule is C=C[C@@](C)(CCCO)[C@@]1(N[C@H](CO)Cc2ccccc2)C(=O)Nc2ccccc21. The molecule has 1 heterocycles. The van der Waals surface area contributed by atoms with E-state index in [1.165, 1.54) is 0 Å². The van der Waals surface area contributed by atoms with Crippen LogP contribution in [0.25, 0.3) is 0 Å². The number of rotatable bonds is 10. The maximum atomic E-state index is 13.5. The normalized spacial score (nSPS) is 21.1. The van der Waals surface area contributed by atoms with E-state index in [-0.39, 0.29) is 25.2 Å². The van der Waals surface area contributed by atoms with Crippen LogP contribution in [-0.2, 0) is 16.8 Å². The standard InChI is InChI=1S/C24H30N2O3/c1-3-23(2,14-9-15-27)24(20-12-7-8-13-21(20)25-22(24)29)26-19(17-28)16-18-10-5-4-6-11-18/h3-8,10-13,19,26-28H,1,9,14-17H2,2H3,(H,25,29)/t19-,23-,24-/m0/s1. The highest BCUT2D eigenvalue weighted by Crippen LogP contribution is 2.51. The predicted molar refractivity (Wildman–Crippen MR) is 116 cm³/mol. The largest absolute Gasteiger partial charge is 0.396 e. The summed E-state index contributed by atoms with van der Waals surface area (Å²) >= 11 is 0. The van der Waals surface area contributed by atoms with E-state index in [2.05, 4.69) is 17.2 Å². The second-order valence-corrected chi connectivity index (χ2v) is 7.91. The van der Waals surface area contributed by atoms with Crippen molar-refractivity contribution >= 4 is 11.6 Å². The number of aliphatic hydroxyl groups excluding tert-OH is 2. The number of amides is 1. The molecule has 0 unspecified atom stereocenters. The van der Waals surface area contributed by atoms with Crippen molar-refractivity contribution in [1.82, 2.24) is 5.32 Å². The highest BCUT2D eigenvalue weighted by atomic mass is 16.3. The van der Waals surface area contributed by atoms with Crippen molar-refractivity contribution < 1.29 is 15.0 Å². The fourth-order valence-electron chi connectivity index (χ4n) is 4.39. The average Bonchev–Trinajstić information content (AvgIpc) is 3.04. The molecule has 5 heteroatoms. The first-order valence-electron chi connectivity index (χ1n) is 10.1. The number of hydrogen-bond acceptors (Lipinski definition) is 4. The Bertz CT molecular complexity index is 854. The lowest BCUT2D eigenvalue weighted by atomic mass is 9.64. The minimum Gasteiger partial charge on any atom is -0.396 e. The van der Waals surface area contributed by atoms with Crippen LogP contribution in [-0.4, -0.2) is 35.4 Å². The molecule has 1 amide bonds. The third-order valence-corrected chi connectivity index (χ3v) is 6.05. The van der Waals surface area contributed by atoms with Gasteiger partial charge in [0.15, 0.2) is 0 Å². The Balaban J connectivity index is 2.06. The van der Waals surface area contributed by atoms with Crippen molar-refractivity contribution in [2.75, 3.05) is 18.5 Å². The first-order chi connectivity index (χ1) is 14.0. The molecule has 2 aromatic rings. The number of para-hydroxylation sites is 1. The smallest absolute Gasteiger partial charge is 0.250 e. The summed E-state index contributed by atoms with van der Waals surface area (Å²) in [6, 6.07) is 17.2. The van der Waals surface area contributed by atoms with Gasteiger partial charge in [0.05, 0.1) is 6.61 Å². The van der Waals surface area contributed by atoms with Gasteiger partial charge in [0, 0.05) is 29.3 Å². The molecule has 0 saturated heterocycles. The molecule has 29 heavy (non-hydrogen) atoms. The zero-order valence-electron chi connectivity index (χ0n) is 16.9. The number of carbonyl (C=O) groups is 1. The van der Waals surface area contributed by atoms with Crippen molar-refractivity contribution in [2.24, 2.45) is 5.41 Å². The molecule has 0 bridgehead atoms. The van der Waals surface area contributed by atoms with Gasteiger partial charge in [-0.15, -0.1) is 6.58 Å². The number of nitrogens with one attached hydrogen (secondary N) is 2. The van der Waals surface area contributed by atoms with E-state index in [0.29, 0.717) is 19.3 Å². The molecule has 0 radical (unpaired) electrons. The van der Waals surface area contributed by atoms with Gasteiger partial charge >= 0.3 is 0 Å².